The molecule has 0 aliphatic heterocycles. The lowest BCUT2D eigenvalue weighted by Gasteiger charge is -2.26. The molecule has 2 heterocycles. The summed E-state index contributed by atoms with van der Waals surface area (Å²) >= 11 is 0. The van der Waals surface area contributed by atoms with Crippen molar-refractivity contribution in [1.29, 1.82) is 0 Å². The van der Waals surface area contributed by atoms with Crippen molar-refractivity contribution < 1.29 is 13.5 Å². The van der Waals surface area contributed by atoms with Crippen molar-refractivity contribution in [2.45, 2.75) is 49.6 Å². The Bertz CT molecular complexity index is 1210. The van der Waals surface area contributed by atoms with Crippen molar-refractivity contribution in [3.8, 4) is 11.3 Å². The molecule has 2 aromatic heterocycles. The summed E-state index contributed by atoms with van der Waals surface area (Å²) in [5.74, 6) is 0.279. The summed E-state index contributed by atoms with van der Waals surface area (Å²) in [5, 5.41) is 9.65. The molecule has 158 valence electrons. The number of rotatable bonds is 5. The third-order valence-electron chi connectivity index (χ3n) is 5.56. The Morgan fingerprint density at radius 3 is 2.73 bits per heavy atom. The zero-order valence-corrected chi connectivity index (χ0v) is 17.6. The maximum Gasteiger partial charge on any atom is 0.240 e. The Morgan fingerprint density at radius 2 is 2.03 bits per heavy atom. The number of aryl methyl sites for hydroxylation is 1. The number of sulfonamides is 1. The molecule has 1 saturated carbocycles. The largest absolute Gasteiger partial charge is 0.393 e. The predicted molar refractivity (Wildman–Crippen MR) is 116 cm³/mol. The summed E-state index contributed by atoms with van der Waals surface area (Å²) in [5.41, 5.74) is 9.48. The molecular weight excluding hydrogens is 402 g/mol. The molecule has 1 aliphatic rings. The molecule has 0 radical (unpaired) electrons. The van der Waals surface area contributed by atoms with E-state index in [1.54, 1.807) is 41.1 Å². The number of aliphatic hydroxyl groups is 1. The molecule has 0 unspecified atom stereocenters. The van der Waals surface area contributed by atoms with Gasteiger partial charge in [-0.1, -0.05) is 12.6 Å². The van der Waals surface area contributed by atoms with E-state index in [1.165, 1.54) is 0 Å². The number of hydrogen-bond acceptors (Lipinski definition) is 6. The van der Waals surface area contributed by atoms with E-state index in [4.69, 9.17) is 5.73 Å². The van der Waals surface area contributed by atoms with E-state index in [0.29, 0.717) is 37.0 Å². The van der Waals surface area contributed by atoms with Crippen molar-refractivity contribution in [2.24, 2.45) is 0 Å². The fraction of sp³-hybridized carbons (Fsp3) is 0.333. The van der Waals surface area contributed by atoms with Crippen LogP contribution in [0.25, 0.3) is 23.0 Å². The highest BCUT2D eigenvalue weighted by Gasteiger charge is 2.25. The van der Waals surface area contributed by atoms with E-state index < -0.39 is 10.0 Å². The van der Waals surface area contributed by atoms with Gasteiger partial charge < -0.3 is 10.8 Å². The van der Waals surface area contributed by atoms with Crippen molar-refractivity contribution in [2.75, 3.05) is 5.73 Å². The number of nitrogens with two attached hydrogens (primary N) is 1. The summed E-state index contributed by atoms with van der Waals surface area (Å²) in [6.07, 6.45) is 7.16. The lowest BCUT2D eigenvalue weighted by molar-refractivity contribution is 0.120. The van der Waals surface area contributed by atoms with Gasteiger partial charge in [0.15, 0.2) is 11.5 Å². The van der Waals surface area contributed by atoms with E-state index in [-0.39, 0.29) is 22.9 Å². The SMILES string of the molecule is C=Cc1cn2c(-c3cc(S(=O)(=O)N[C@H]4CC[C@H](O)CC4)ccc3C)cnc2c(N)n1. The van der Waals surface area contributed by atoms with Crippen LogP contribution in [-0.4, -0.2) is 40.0 Å². The minimum atomic E-state index is -3.70. The van der Waals surface area contributed by atoms with Crippen molar-refractivity contribution in [3.63, 3.8) is 0 Å². The first-order chi connectivity index (χ1) is 14.3. The Labute approximate surface area is 175 Å². The van der Waals surface area contributed by atoms with Gasteiger partial charge in [-0.15, -0.1) is 0 Å². The van der Waals surface area contributed by atoms with Crippen molar-refractivity contribution in [3.05, 3.63) is 48.4 Å². The first kappa shape index (κ1) is 20.5. The zero-order chi connectivity index (χ0) is 21.5. The summed E-state index contributed by atoms with van der Waals surface area (Å²) in [6.45, 7) is 5.65. The standard InChI is InChI=1S/C21H25N5O3S/c1-3-14-12-26-19(11-23-21(26)20(22)24-14)18-10-17(9-4-13(18)2)30(28,29)25-15-5-7-16(27)8-6-15/h3-4,9-12,15-16,25,27H,1,5-8H2,2H3,(H2,22,24)/t15-,16-. The van der Waals surface area contributed by atoms with Gasteiger partial charge >= 0.3 is 0 Å². The number of nitrogens with zero attached hydrogens (tertiary/aromatic N) is 3. The molecule has 0 amide bonds. The molecule has 0 atom stereocenters. The van der Waals surface area contributed by atoms with Crippen molar-refractivity contribution >= 4 is 27.6 Å². The second-order valence-electron chi connectivity index (χ2n) is 7.70. The molecule has 0 bridgehead atoms. The third kappa shape index (κ3) is 3.83. The number of hydrogen-bond donors (Lipinski definition) is 3. The molecule has 1 fully saturated rings. The second-order valence-corrected chi connectivity index (χ2v) is 9.41. The zero-order valence-electron chi connectivity index (χ0n) is 16.7. The number of anilines is 1. The average molecular weight is 428 g/mol. The van der Waals surface area contributed by atoms with Crippen LogP contribution in [0.2, 0.25) is 0 Å². The fourth-order valence-electron chi connectivity index (χ4n) is 3.85. The second kappa shape index (κ2) is 7.82. The Hall–Kier alpha value is -2.75. The van der Waals surface area contributed by atoms with Crippen molar-refractivity contribution in [1.82, 2.24) is 19.1 Å². The smallest absolute Gasteiger partial charge is 0.240 e. The van der Waals surface area contributed by atoms with Gasteiger partial charge in [0.1, 0.15) is 0 Å². The lowest BCUT2D eigenvalue weighted by atomic mass is 9.94. The molecule has 30 heavy (non-hydrogen) atoms. The molecule has 9 heteroatoms. The van der Waals surface area contributed by atoms with Crippen LogP contribution in [0.5, 0.6) is 0 Å². The number of aromatic nitrogens is 3. The number of imidazole rings is 1. The maximum atomic E-state index is 13.0. The van der Waals surface area contributed by atoms with Gasteiger partial charge in [-0.2, -0.15) is 0 Å². The number of nitrogens with one attached hydrogen (secondary N) is 1. The van der Waals surface area contributed by atoms with Gasteiger partial charge in [-0.25, -0.2) is 23.1 Å². The highest BCUT2D eigenvalue weighted by atomic mass is 32.2. The van der Waals surface area contributed by atoms with Gasteiger partial charge in [0.25, 0.3) is 0 Å². The van der Waals surface area contributed by atoms with Crippen LogP contribution in [0.15, 0.2) is 42.1 Å². The summed E-state index contributed by atoms with van der Waals surface area (Å²) < 4.78 is 30.6. The average Bonchev–Trinajstić information content (AvgIpc) is 3.14. The van der Waals surface area contributed by atoms with E-state index in [0.717, 1.165) is 16.8 Å². The fourth-order valence-corrected chi connectivity index (χ4v) is 5.19. The molecule has 1 aliphatic carbocycles. The minimum absolute atomic E-state index is 0.167. The Kier molecular flexibility index (Phi) is 5.35. The Balaban J connectivity index is 1.73. The van der Waals surface area contributed by atoms with Gasteiger partial charge in [-0.3, -0.25) is 4.40 Å². The van der Waals surface area contributed by atoms with Crippen LogP contribution in [0.4, 0.5) is 5.82 Å². The van der Waals surface area contributed by atoms with E-state index >= 15 is 0 Å². The molecule has 0 saturated heterocycles. The molecule has 4 rings (SSSR count). The van der Waals surface area contributed by atoms with Crippen LogP contribution in [0.1, 0.15) is 36.9 Å². The van der Waals surface area contributed by atoms with E-state index in [2.05, 4.69) is 21.3 Å². The summed E-state index contributed by atoms with van der Waals surface area (Å²) in [7, 11) is -3.70. The topological polar surface area (TPSA) is 123 Å². The third-order valence-corrected chi connectivity index (χ3v) is 7.08. The van der Waals surface area contributed by atoms with Crippen LogP contribution >= 0.6 is 0 Å². The molecule has 0 spiro atoms. The molecule has 1 aromatic carbocycles. The molecule has 3 aromatic rings. The highest BCUT2D eigenvalue weighted by molar-refractivity contribution is 7.89. The van der Waals surface area contributed by atoms with Crippen LogP contribution < -0.4 is 10.5 Å². The molecule has 8 nitrogen and oxygen atoms in total. The summed E-state index contributed by atoms with van der Waals surface area (Å²) in [6, 6.07) is 4.88. The number of benzene rings is 1. The molecular formula is C21H25N5O3S. The van der Waals surface area contributed by atoms with Crippen LogP contribution in [0.3, 0.4) is 0 Å². The van der Waals surface area contributed by atoms with Gasteiger partial charge in [-0.05, 0) is 56.4 Å². The number of fused-ring (bicyclic) bond motifs is 1. The molecule has 4 N–H and O–H groups in total. The number of aliphatic hydroxyl groups excluding tert-OH is 1. The minimum Gasteiger partial charge on any atom is -0.393 e. The first-order valence-electron chi connectivity index (χ1n) is 9.86. The van der Waals surface area contributed by atoms with E-state index in [1.807, 2.05) is 6.92 Å². The van der Waals surface area contributed by atoms with Crippen LogP contribution in [-0.2, 0) is 10.0 Å². The summed E-state index contributed by atoms with van der Waals surface area (Å²) in [4.78, 5) is 8.78. The first-order valence-corrected chi connectivity index (χ1v) is 11.3. The lowest BCUT2D eigenvalue weighted by Crippen LogP contribution is -2.38. The number of nitrogen functional groups attached to an aromatic ring is 1. The van der Waals surface area contributed by atoms with E-state index in [9.17, 15) is 13.5 Å². The van der Waals surface area contributed by atoms with Crippen LogP contribution in [0, 0.1) is 6.92 Å². The normalized spacial score (nSPS) is 19.8. The van der Waals surface area contributed by atoms with Gasteiger partial charge in [0.05, 0.1) is 28.6 Å². The van der Waals surface area contributed by atoms with Gasteiger partial charge in [0.2, 0.25) is 10.0 Å². The highest BCUT2D eigenvalue weighted by Crippen LogP contribution is 2.29. The Morgan fingerprint density at radius 1 is 1.30 bits per heavy atom. The maximum absolute atomic E-state index is 13.0. The monoisotopic (exact) mass is 427 g/mol. The van der Waals surface area contributed by atoms with Gasteiger partial charge in [0, 0.05) is 17.8 Å². The predicted octanol–water partition coefficient (Wildman–Crippen LogP) is 2.51. The quantitative estimate of drug-likeness (QED) is 0.575.